The highest BCUT2D eigenvalue weighted by Gasteiger charge is 2.29. The number of rotatable bonds is 3. The zero-order valence-electron chi connectivity index (χ0n) is 7.94. The second-order valence-corrected chi connectivity index (χ2v) is 4.08. The number of allylic oxidation sites excluding steroid dienone is 1. The lowest BCUT2D eigenvalue weighted by atomic mass is 9.70. The Bertz CT molecular complexity index is 183. The molecule has 0 bridgehead atoms. The molecule has 1 heteroatoms. The minimum Gasteiger partial charge on any atom is -0.303 e. The second kappa shape index (κ2) is 3.88. The molecule has 1 atom stereocenters. The quantitative estimate of drug-likeness (QED) is 0.465. The molecule has 0 N–H and O–H groups in total. The smallest absolute Gasteiger partial charge is 0.120 e. The van der Waals surface area contributed by atoms with Crippen molar-refractivity contribution >= 4 is 6.29 Å². The molecule has 0 saturated heterocycles. The highest BCUT2D eigenvalue weighted by atomic mass is 16.1. The van der Waals surface area contributed by atoms with Gasteiger partial charge in [-0.2, -0.15) is 0 Å². The Labute approximate surface area is 74.9 Å². The van der Waals surface area contributed by atoms with E-state index in [2.05, 4.69) is 13.5 Å². The van der Waals surface area contributed by atoms with E-state index in [0.29, 0.717) is 6.42 Å². The zero-order chi connectivity index (χ0) is 9.03. The van der Waals surface area contributed by atoms with E-state index < -0.39 is 0 Å². The first-order valence-corrected chi connectivity index (χ1v) is 4.81. The predicted octanol–water partition coefficient (Wildman–Crippen LogP) is 3.10. The number of carbonyl (C=O) groups is 1. The molecule has 0 unspecified atom stereocenters. The number of carbonyl (C=O) groups excluding carboxylic acids is 1. The van der Waals surface area contributed by atoms with Crippen LogP contribution in [0.15, 0.2) is 12.2 Å². The molecule has 0 heterocycles. The molecule has 0 aromatic rings. The van der Waals surface area contributed by atoms with Gasteiger partial charge in [-0.1, -0.05) is 25.5 Å². The third-order valence-corrected chi connectivity index (χ3v) is 3.12. The average Bonchev–Trinajstić information content (AvgIpc) is 2.07. The largest absolute Gasteiger partial charge is 0.303 e. The van der Waals surface area contributed by atoms with Gasteiger partial charge >= 0.3 is 0 Å². The van der Waals surface area contributed by atoms with E-state index in [0.717, 1.165) is 19.1 Å². The van der Waals surface area contributed by atoms with Crippen LogP contribution in [0, 0.1) is 5.41 Å². The summed E-state index contributed by atoms with van der Waals surface area (Å²) in [5.41, 5.74) is 1.62. The summed E-state index contributed by atoms with van der Waals surface area (Å²) in [5.74, 6) is 0. The van der Waals surface area contributed by atoms with Gasteiger partial charge in [0.25, 0.3) is 0 Å². The Morgan fingerprint density at radius 2 is 2.33 bits per heavy atom. The molecule has 12 heavy (non-hydrogen) atoms. The monoisotopic (exact) mass is 166 g/mol. The van der Waals surface area contributed by atoms with E-state index in [1.165, 1.54) is 24.8 Å². The number of aldehydes is 1. The van der Waals surface area contributed by atoms with Crippen LogP contribution in [0.5, 0.6) is 0 Å². The van der Waals surface area contributed by atoms with Crippen LogP contribution in [0.2, 0.25) is 0 Å². The molecule has 0 aromatic heterocycles. The van der Waals surface area contributed by atoms with E-state index in [9.17, 15) is 4.79 Å². The maximum atomic E-state index is 10.3. The molecule has 1 aliphatic rings. The van der Waals surface area contributed by atoms with Gasteiger partial charge in [0, 0.05) is 6.42 Å². The lowest BCUT2D eigenvalue weighted by Gasteiger charge is -2.35. The minimum atomic E-state index is 0.263. The molecule has 0 aliphatic heterocycles. The van der Waals surface area contributed by atoms with E-state index in [1.54, 1.807) is 0 Å². The van der Waals surface area contributed by atoms with Gasteiger partial charge in [0.05, 0.1) is 0 Å². The summed E-state index contributed by atoms with van der Waals surface area (Å²) in [6.07, 6.45) is 7.68. The van der Waals surface area contributed by atoms with Crippen LogP contribution in [0.25, 0.3) is 0 Å². The van der Waals surface area contributed by atoms with Gasteiger partial charge in [0.1, 0.15) is 6.29 Å². The van der Waals surface area contributed by atoms with Crippen molar-refractivity contribution < 1.29 is 4.79 Å². The highest BCUT2D eigenvalue weighted by Crippen LogP contribution is 2.42. The molecule has 1 fully saturated rings. The molecule has 68 valence electrons. The third-order valence-electron chi connectivity index (χ3n) is 3.12. The molecular weight excluding hydrogens is 148 g/mol. The van der Waals surface area contributed by atoms with Crippen molar-refractivity contribution in [2.45, 2.75) is 45.4 Å². The number of hydrogen-bond acceptors (Lipinski definition) is 1. The summed E-state index contributed by atoms with van der Waals surface area (Å²) >= 11 is 0. The first-order chi connectivity index (χ1) is 5.69. The van der Waals surface area contributed by atoms with Gasteiger partial charge in [0.15, 0.2) is 0 Å². The normalized spacial score (nSPS) is 30.2. The maximum absolute atomic E-state index is 10.3. The zero-order valence-corrected chi connectivity index (χ0v) is 7.94. The Morgan fingerprint density at radius 3 is 2.92 bits per heavy atom. The Kier molecular flexibility index (Phi) is 3.07. The van der Waals surface area contributed by atoms with Gasteiger partial charge in [-0.05, 0) is 31.1 Å². The SMILES string of the molecule is C=C1CCCC[C@]1(C)CCC=O. The van der Waals surface area contributed by atoms with E-state index >= 15 is 0 Å². The van der Waals surface area contributed by atoms with Gasteiger partial charge in [-0.3, -0.25) is 0 Å². The fourth-order valence-corrected chi connectivity index (χ4v) is 2.01. The fraction of sp³-hybridized carbons (Fsp3) is 0.727. The minimum absolute atomic E-state index is 0.263. The first-order valence-electron chi connectivity index (χ1n) is 4.81. The molecule has 1 rings (SSSR count). The lowest BCUT2D eigenvalue weighted by molar-refractivity contribution is -0.108. The Balaban J connectivity index is 2.53. The van der Waals surface area contributed by atoms with Crippen molar-refractivity contribution in [2.24, 2.45) is 5.41 Å². The van der Waals surface area contributed by atoms with E-state index in [-0.39, 0.29) is 5.41 Å². The summed E-state index contributed by atoms with van der Waals surface area (Å²) in [6, 6.07) is 0. The van der Waals surface area contributed by atoms with Crippen LogP contribution in [0.1, 0.15) is 45.4 Å². The van der Waals surface area contributed by atoms with E-state index in [1.807, 2.05) is 0 Å². The first kappa shape index (κ1) is 9.50. The van der Waals surface area contributed by atoms with Crippen molar-refractivity contribution in [1.82, 2.24) is 0 Å². The molecular formula is C11H18O. The van der Waals surface area contributed by atoms with E-state index in [4.69, 9.17) is 0 Å². The molecule has 0 aromatic carbocycles. The molecule has 1 nitrogen and oxygen atoms in total. The third kappa shape index (κ3) is 1.96. The molecule has 1 saturated carbocycles. The summed E-state index contributed by atoms with van der Waals surface area (Å²) in [4.78, 5) is 10.3. The lowest BCUT2D eigenvalue weighted by Crippen LogP contribution is -2.22. The Hall–Kier alpha value is -0.590. The standard InChI is InChI=1S/C11H18O/c1-10-6-3-4-7-11(10,2)8-5-9-12/h9H,1,3-8H2,2H3/t11-/m1/s1. The summed E-state index contributed by atoms with van der Waals surface area (Å²) in [5, 5.41) is 0. The maximum Gasteiger partial charge on any atom is 0.120 e. The predicted molar refractivity (Wildman–Crippen MR) is 51.0 cm³/mol. The van der Waals surface area contributed by atoms with Gasteiger partial charge < -0.3 is 4.79 Å². The van der Waals surface area contributed by atoms with Crippen LogP contribution in [-0.4, -0.2) is 6.29 Å². The van der Waals surface area contributed by atoms with Crippen LogP contribution in [0.4, 0.5) is 0 Å². The summed E-state index contributed by atoms with van der Waals surface area (Å²) in [7, 11) is 0. The van der Waals surface area contributed by atoms with Crippen molar-refractivity contribution in [1.29, 1.82) is 0 Å². The summed E-state index contributed by atoms with van der Waals surface area (Å²) < 4.78 is 0. The van der Waals surface area contributed by atoms with Crippen LogP contribution >= 0.6 is 0 Å². The van der Waals surface area contributed by atoms with Crippen LogP contribution in [0.3, 0.4) is 0 Å². The molecule has 0 amide bonds. The van der Waals surface area contributed by atoms with Crippen molar-refractivity contribution in [3.63, 3.8) is 0 Å². The molecule has 0 spiro atoms. The fourth-order valence-electron chi connectivity index (χ4n) is 2.01. The average molecular weight is 166 g/mol. The molecule has 0 radical (unpaired) electrons. The Morgan fingerprint density at radius 1 is 1.58 bits per heavy atom. The van der Waals surface area contributed by atoms with Gasteiger partial charge in [0.2, 0.25) is 0 Å². The summed E-state index contributed by atoms with van der Waals surface area (Å²) in [6.45, 7) is 6.35. The van der Waals surface area contributed by atoms with Gasteiger partial charge in [-0.25, -0.2) is 0 Å². The van der Waals surface area contributed by atoms with Crippen molar-refractivity contribution in [2.75, 3.05) is 0 Å². The van der Waals surface area contributed by atoms with Gasteiger partial charge in [-0.15, -0.1) is 0 Å². The highest BCUT2D eigenvalue weighted by molar-refractivity contribution is 5.49. The van der Waals surface area contributed by atoms with Crippen LogP contribution < -0.4 is 0 Å². The number of hydrogen-bond donors (Lipinski definition) is 0. The second-order valence-electron chi connectivity index (χ2n) is 4.08. The molecule has 1 aliphatic carbocycles. The van der Waals surface area contributed by atoms with Crippen molar-refractivity contribution in [3.05, 3.63) is 12.2 Å². The van der Waals surface area contributed by atoms with Crippen LogP contribution in [-0.2, 0) is 4.79 Å². The topological polar surface area (TPSA) is 17.1 Å². The van der Waals surface area contributed by atoms with Crippen molar-refractivity contribution in [3.8, 4) is 0 Å².